The molecule has 0 amide bonds. The number of methoxy groups -OCH3 is 1. The molecule has 0 spiro atoms. The predicted molar refractivity (Wildman–Crippen MR) is 152 cm³/mol. The average molecular weight is 573 g/mol. The van der Waals surface area contributed by atoms with Crippen LogP contribution in [-0.2, 0) is 19.1 Å². The first-order chi connectivity index (χ1) is 20.2. The summed E-state index contributed by atoms with van der Waals surface area (Å²) in [5.41, 5.74) is 1.70. The highest BCUT2D eigenvalue weighted by molar-refractivity contribution is 5.98. The molecule has 0 saturated carbocycles. The number of ketones is 1. The minimum Gasteiger partial charge on any atom is -0.507 e. The van der Waals surface area contributed by atoms with E-state index in [9.17, 15) is 24.3 Å². The quantitative estimate of drug-likeness (QED) is 0.281. The molecule has 3 aromatic rings. The van der Waals surface area contributed by atoms with Crippen LogP contribution < -0.4 is 4.74 Å². The van der Waals surface area contributed by atoms with E-state index in [2.05, 4.69) is 0 Å². The molecule has 2 aliphatic rings. The van der Waals surface area contributed by atoms with Crippen molar-refractivity contribution in [3.8, 4) is 22.8 Å². The number of carbonyl (C=O) groups excluding carboxylic acids is 4. The van der Waals surface area contributed by atoms with Crippen molar-refractivity contribution in [2.75, 3.05) is 7.11 Å². The van der Waals surface area contributed by atoms with E-state index in [-0.39, 0.29) is 34.8 Å². The Kier molecular flexibility index (Phi) is 8.56. The maximum absolute atomic E-state index is 13.4. The lowest BCUT2D eigenvalue weighted by Crippen LogP contribution is -2.23. The van der Waals surface area contributed by atoms with E-state index in [1.165, 1.54) is 7.11 Å². The van der Waals surface area contributed by atoms with Crippen LogP contribution in [0.15, 0.2) is 53.0 Å². The molecule has 0 saturated heterocycles. The van der Waals surface area contributed by atoms with Gasteiger partial charge in [0.2, 0.25) is 0 Å². The van der Waals surface area contributed by atoms with Gasteiger partial charge in [-0.3, -0.25) is 9.59 Å². The number of phenolic OH excluding ortho intramolecular Hbond substituents is 1. The summed E-state index contributed by atoms with van der Waals surface area (Å²) in [7, 11) is 1.31. The number of allylic oxidation sites excluding steroid dienone is 1. The van der Waals surface area contributed by atoms with Gasteiger partial charge in [-0.25, -0.2) is 9.59 Å². The Hall–Kier alpha value is -4.66. The lowest BCUT2D eigenvalue weighted by molar-refractivity contribution is -0.135. The van der Waals surface area contributed by atoms with Crippen molar-refractivity contribution in [2.45, 2.75) is 63.9 Å². The molecule has 2 aromatic carbocycles. The third-order valence-electron chi connectivity index (χ3n) is 7.54. The fourth-order valence-electron chi connectivity index (χ4n) is 5.35. The third-order valence-corrected chi connectivity index (χ3v) is 7.54. The second kappa shape index (κ2) is 12.5. The molecule has 3 heterocycles. The molecule has 42 heavy (non-hydrogen) atoms. The minimum absolute atomic E-state index is 0.0156. The molecular weight excluding hydrogens is 540 g/mol. The van der Waals surface area contributed by atoms with Crippen molar-refractivity contribution < 1.29 is 42.9 Å². The highest BCUT2D eigenvalue weighted by Crippen LogP contribution is 2.48. The van der Waals surface area contributed by atoms with Crippen molar-refractivity contribution >= 4 is 29.8 Å². The Labute approximate surface area is 243 Å². The van der Waals surface area contributed by atoms with E-state index in [0.717, 1.165) is 0 Å². The highest BCUT2D eigenvalue weighted by atomic mass is 16.5. The second-order valence-electron chi connectivity index (χ2n) is 10.5. The van der Waals surface area contributed by atoms with E-state index in [4.69, 9.17) is 18.6 Å². The number of Topliss-reactive ketones (excluding diaryl/α,β-unsaturated/α-hetero) is 1. The summed E-state index contributed by atoms with van der Waals surface area (Å²) in [6.45, 7) is 1.76. The van der Waals surface area contributed by atoms with Gasteiger partial charge in [-0.05, 0) is 68.5 Å². The largest absolute Gasteiger partial charge is 0.507 e. The summed E-state index contributed by atoms with van der Waals surface area (Å²) < 4.78 is 22.1. The van der Waals surface area contributed by atoms with Gasteiger partial charge < -0.3 is 23.7 Å². The second-order valence-corrected chi connectivity index (χ2v) is 10.5. The number of ether oxygens (including phenoxy) is 3. The maximum atomic E-state index is 13.4. The summed E-state index contributed by atoms with van der Waals surface area (Å²) >= 11 is 0. The summed E-state index contributed by atoms with van der Waals surface area (Å²) in [4.78, 5) is 50.0. The molecule has 1 N–H and O–H groups in total. The predicted octanol–water partition coefficient (Wildman–Crippen LogP) is 6.36. The molecule has 1 aromatic heterocycles. The number of esters is 3. The number of furan rings is 1. The first-order valence-corrected chi connectivity index (χ1v) is 14.0. The lowest BCUT2D eigenvalue weighted by Gasteiger charge is -2.26. The van der Waals surface area contributed by atoms with Crippen molar-refractivity contribution in [1.82, 2.24) is 0 Å². The van der Waals surface area contributed by atoms with Crippen molar-refractivity contribution in [3.05, 3.63) is 76.6 Å². The Balaban J connectivity index is 1.53. The average Bonchev–Trinajstić information content (AvgIpc) is 3.46. The van der Waals surface area contributed by atoms with Gasteiger partial charge in [-0.1, -0.05) is 24.3 Å². The van der Waals surface area contributed by atoms with E-state index in [1.807, 2.05) is 6.08 Å². The molecular formula is C33H32O9. The van der Waals surface area contributed by atoms with Gasteiger partial charge in [-0.15, -0.1) is 0 Å². The van der Waals surface area contributed by atoms with E-state index >= 15 is 0 Å². The summed E-state index contributed by atoms with van der Waals surface area (Å²) in [5.74, 6) is -1.50. The Morgan fingerprint density at radius 1 is 1.02 bits per heavy atom. The topological polar surface area (TPSA) is 129 Å². The smallest absolute Gasteiger partial charge is 0.342 e. The number of hydrogen-bond acceptors (Lipinski definition) is 9. The van der Waals surface area contributed by atoms with Gasteiger partial charge >= 0.3 is 17.9 Å². The highest BCUT2D eigenvalue weighted by Gasteiger charge is 2.37. The van der Waals surface area contributed by atoms with Crippen LogP contribution >= 0.6 is 0 Å². The number of benzene rings is 2. The van der Waals surface area contributed by atoms with E-state index < -0.39 is 29.9 Å². The van der Waals surface area contributed by atoms with Crippen LogP contribution in [0, 0.1) is 0 Å². The Bertz CT molecular complexity index is 1540. The summed E-state index contributed by atoms with van der Waals surface area (Å²) in [6, 6.07) is 11.7. The number of rotatable bonds is 3. The number of hydrogen-bond donors (Lipinski definition) is 1. The normalized spacial score (nSPS) is 19.6. The number of carbonyl (C=O) groups is 4. The minimum atomic E-state index is -0.719. The number of cyclic esters (lactones) is 1. The first kappa shape index (κ1) is 28.9. The van der Waals surface area contributed by atoms with Gasteiger partial charge in [0.25, 0.3) is 0 Å². The fraction of sp³-hybridized carbons (Fsp3) is 0.333. The maximum Gasteiger partial charge on any atom is 0.342 e. The van der Waals surface area contributed by atoms with Crippen LogP contribution in [0.25, 0.3) is 17.4 Å². The zero-order chi connectivity index (χ0) is 29.8. The number of fused-ring (bicyclic) bond motifs is 2. The molecule has 2 atom stereocenters. The van der Waals surface area contributed by atoms with Crippen LogP contribution in [0.1, 0.15) is 95.4 Å². The van der Waals surface area contributed by atoms with Crippen LogP contribution in [0.4, 0.5) is 0 Å². The zero-order valence-corrected chi connectivity index (χ0v) is 23.5. The summed E-state index contributed by atoms with van der Waals surface area (Å²) in [6.07, 6.45) is 6.24. The Morgan fingerprint density at radius 2 is 1.79 bits per heavy atom. The molecule has 9 nitrogen and oxygen atoms in total. The van der Waals surface area contributed by atoms with Crippen molar-refractivity contribution in [1.29, 1.82) is 0 Å². The molecule has 0 fully saturated rings. The van der Waals surface area contributed by atoms with E-state index in [0.29, 0.717) is 66.7 Å². The van der Waals surface area contributed by atoms with Crippen LogP contribution in [-0.4, -0.2) is 42.0 Å². The number of aromatic hydroxyl groups is 1. The van der Waals surface area contributed by atoms with Gasteiger partial charge in [-0.2, -0.15) is 0 Å². The van der Waals surface area contributed by atoms with Gasteiger partial charge in [0.05, 0.1) is 31.1 Å². The number of phenols is 1. The standard InChI is InChI=1S/C33H32O9/c1-19-7-6-10-23(34)9-5-3-4-8-22-17-27-30(31(36)29(22)33(38)40-19)24(18-28(35)42-27)26-16-15-25(41-26)20-11-13-21(14-12-20)32(37)39-2/h4,8,11-17,19,24,36H,3,5-7,9-10,18H2,1-2H3/t19-,24-/m1/s1. The Morgan fingerprint density at radius 3 is 2.55 bits per heavy atom. The molecule has 0 bridgehead atoms. The molecule has 0 aliphatic carbocycles. The van der Waals surface area contributed by atoms with E-state index in [1.54, 1.807) is 55.5 Å². The lowest BCUT2D eigenvalue weighted by atomic mass is 9.86. The summed E-state index contributed by atoms with van der Waals surface area (Å²) in [5, 5.41) is 11.6. The molecule has 2 aliphatic heterocycles. The third kappa shape index (κ3) is 6.15. The van der Waals surface area contributed by atoms with Gasteiger partial charge in [0.1, 0.15) is 34.4 Å². The van der Waals surface area contributed by atoms with Gasteiger partial charge in [0, 0.05) is 24.0 Å². The van der Waals surface area contributed by atoms with Crippen molar-refractivity contribution in [2.24, 2.45) is 0 Å². The molecule has 5 rings (SSSR count). The van der Waals surface area contributed by atoms with Crippen molar-refractivity contribution in [3.63, 3.8) is 0 Å². The van der Waals surface area contributed by atoms with Gasteiger partial charge in [0.15, 0.2) is 0 Å². The zero-order valence-electron chi connectivity index (χ0n) is 23.5. The fourth-order valence-corrected chi connectivity index (χ4v) is 5.35. The molecule has 9 heteroatoms. The van der Waals surface area contributed by atoms with Crippen LogP contribution in [0.3, 0.4) is 0 Å². The SMILES string of the molecule is COC(=O)c1ccc(-c2ccc([C@H]3CC(=O)Oc4cc5c(c(O)c43)C(=O)O[C@H](C)CCCC(=O)CCCC=C5)o2)cc1. The van der Waals surface area contributed by atoms with Crippen LogP contribution in [0.5, 0.6) is 11.5 Å². The molecule has 0 unspecified atom stereocenters. The first-order valence-electron chi connectivity index (χ1n) is 14.0. The van der Waals surface area contributed by atoms with Crippen LogP contribution in [0.2, 0.25) is 0 Å². The monoisotopic (exact) mass is 572 g/mol. The molecule has 218 valence electrons. The molecule has 0 radical (unpaired) electrons.